The molecular weight excluding hydrogens is 500 g/mol. The van der Waals surface area contributed by atoms with Crippen molar-refractivity contribution in [2.24, 2.45) is 4.99 Å². The first-order chi connectivity index (χ1) is 18.4. The Labute approximate surface area is 226 Å². The number of benzodiazepines with no additional fused rings is 1. The summed E-state index contributed by atoms with van der Waals surface area (Å²) in [5, 5.41) is 1.28. The van der Waals surface area contributed by atoms with E-state index in [2.05, 4.69) is 9.98 Å². The molecule has 1 atom stereocenters. The van der Waals surface area contributed by atoms with Gasteiger partial charge in [0.1, 0.15) is 23.5 Å². The number of carbonyl (C=O) groups is 2. The summed E-state index contributed by atoms with van der Waals surface area (Å²) in [7, 11) is 1.60. The number of hydrogen-bond acceptors (Lipinski definition) is 4. The maximum atomic E-state index is 14.0. The fraction of sp³-hybridized carbons (Fsp3) is 0.233. The Morgan fingerprint density at radius 2 is 1.79 bits per heavy atom. The minimum Gasteiger partial charge on any atom is -0.497 e. The van der Waals surface area contributed by atoms with Crippen LogP contribution in [0.3, 0.4) is 0 Å². The normalized spacial score (nSPS) is 15.3. The average molecular weight is 529 g/mol. The highest BCUT2D eigenvalue weighted by Crippen LogP contribution is 2.30. The van der Waals surface area contributed by atoms with Gasteiger partial charge in [0.2, 0.25) is 5.91 Å². The van der Waals surface area contributed by atoms with Gasteiger partial charge in [-0.25, -0.2) is 0 Å². The summed E-state index contributed by atoms with van der Waals surface area (Å²) >= 11 is 6.67. The molecule has 0 bridgehead atoms. The van der Waals surface area contributed by atoms with E-state index in [1.807, 2.05) is 86.8 Å². The van der Waals surface area contributed by atoms with Crippen molar-refractivity contribution >= 4 is 50.9 Å². The van der Waals surface area contributed by atoms with E-state index in [0.717, 1.165) is 22.2 Å². The SMILES string of the molecule is COc1ccc(N(C(=O)CN2C(=O)[C@@H](Cc3c[nH]c4ccccc34)N=C(Cl)c3ccccc32)C(C)C)cc1. The number of halogens is 1. The predicted molar refractivity (Wildman–Crippen MR) is 153 cm³/mol. The van der Waals surface area contributed by atoms with Gasteiger partial charge in [-0.1, -0.05) is 41.9 Å². The number of nitrogens with one attached hydrogen (secondary N) is 1. The molecule has 8 heteroatoms. The number of hydrogen-bond donors (Lipinski definition) is 1. The molecule has 4 aromatic rings. The summed E-state index contributed by atoms with van der Waals surface area (Å²) in [6.07, 6.45) is 2.25. The van der Waals surface area contributed by atoms with Crippen molar-refractivity contribution in [1.29, 1.82) is 0 Å². The number of aliphatic imine (C=N–C) groups is 1. The number of nitrogens with zero attached hydrogens (tertiary/aromatic N) is 3. The molecule has 0 spiro atoms. The molecule has 7 nitrogen and oxygen atoms in total. The van der Waals surface area contributed by atoms with E-state index >= 15 is 0 Å². The van der Waals surface area contributed by atoms with Gasteiger partial charge in [0, 0.05) is 40.8 Å². The third kappa shape index (κ3) is 4.89. The lowest BCUT2D eigenvalue weighted by Crippen LogP contribution is -2.48. The second-order valence-electron chi connectivity index (χ2n) is 9.50. The largest absolute Gasteiger partial charge is 0.497 e. The predicted octanol–water partition coefficient (Wildman–Crippen LogP) is 5.56. The lowest BCUT2D eigenvalue weighted by atomic mass is 10.0. The minimum atomic E-state index is -0.782. The highest BCUT2D eigenvalue weighted by Gasteiger charge is 2.34. The van der Waals surface area contributed by atoms with Gasteiger partial charge in [-0.2, -0.15) is 0 Å². The van der Waals surface area contributed by atoms with Crippen LogP contribution in [0.15, 0.2) is 84.0 Å². The quantitative estimate of drug-likeness (QED) is 0.341. The van der Waals surface area contributed by atoms with E-state index < -0.39 is 6.04 Å². The number of aromatic nitrogens is 1. The average Bonchev–Trinajstić information content (AvgIpc) is 3.30. The molecule has 3 aromatic carbocycles. The van der Waals surface area contributed by atoms with Crippen LogP contribution in [-0.4, -0.2) is 47.7 Å². The van der Waals surface area contributed by atoms with Crippen molar-refractivity contribution in [2.75, 3.05) is 23.5 Å². The Balaban J connectivity index is 1.49. The molecule has 0 saturated heterocycles. The first-order valence-electron chi connectivity index (χ1n) is 12.5. The van der Waals surface area contributed by atoms with E-state index in [1.54, 1.807) is 18.1 Å². The molecule has 1 aromatic heterocycles. The van der Waals surface area contributed by atoms with Gasteiger partial charge >= 0.3 is 0 Å². The Bertz CT molecular complexity index is 1510. The number of amides is 2. The number of ether oxygens (including phenoxy) is 1. The molecule has 0 saturated carbocycles. The lowest BCUT2D eigenvalue weighted by Gasteiger charge is -2.31. The van der Waals surface area contributed by atoms with E-state index in [4.69, 9.17) is 16.3 Å². The molecule has 194 valence electrons. The number of anilines is 2. The van der Waals surface area contributed by atoms with Crippen molar-refractivity contribution in [3.63, 3.8) is 0 Å². The van der Waals surface area contributed by atoms with Gasteiger partial charge < -0.3 is 19.5 Å². The summed E-state index contributed by atoms with van der Waals surface area (Å²) in [6, 6.07) is 21.6. The Kier molecular flexibility index (Phi) is 7.20. The Hall–Kier alpha value is -4.10. The van der Waals surface area contributed by atoms with Gasteiger partial charge in [0.05, 0.1) is 12.8 Å². The van der Waals surface area contributed by atoms with Gasteiger partial charge in [0.15, 0.2) is 0 Å². The first kappa shape index (κ1) is 25.5. The number of aromatic amines is 1. The molecule has 0 radical (unpaired) electrons. The second kappa shape index (κ2) is 10.7. The van der Waals surface area contributed by atoms with Gasteiger partial charge in [0.25, 0.3) is 5.91 Å². The van der Waals surface area contributed by atoms with Crippen LogP contribution in [0, 0.1) is 0 Å². The summed E-state index contributed by atoms with van der Waals surface area (Å²) in [4.78, 5) is 38.9. The fourth-order valence-corrected chi connectivity index (χ4v) is 5.21. The zero-order valence-electron chi connectivity index (χ0n) is 21.5. The van der Waals surface area contributed by atoms with Crippen LogP contribution in [0.4, 0.5) is 11.4 Å². The van der Waals surface area contributed by atoms with Crippen LogP contribution in [0.25, 0.3) is 10.9 Å². The second-order valence-corrected chi connectivity index (χ2v) is 9.85. The number of para-hydroxylation sites is 2. The lowest BCUT2D eigenvalue weighted by molar-refractivity contribution is -0.123. The maximum Gasteiger partial charge on any atom is 0.252 e. The highest BCUT2D eigenvalue weighted by molar-refractivity contribution is 6.70. The summed E-state index contributed by atoms with van der Waals surface area (Å²) in [5.41, 5.74) is 3.87. The third-order valence-electron chi connectivity index (χ3n) is 6.75. The first-order valence-corrected chi connectivity index (χ1v) is 12.9. The van der Waals surface area contributed by atoms with Crippen LogP contribution in [0.2, 0.25) is 0 Å². The molecular formula is C30H29ClN4O3. The van der Waals surface area contributed by atoms with Crippen LogP contribution >= 0.6 is 11.6 Å². The third-order valence-corrected chi connectivity index (χ3v) is 7.06. The van der Waals surface area contributed by atoms with Crippen molar-refractivity contribution < 1.29 is 14.3 Å². The molecule has 2 heterocycles. The molecule has 1 aliphatic heterocycles. The van der Waals surface area contributed by atoms with Crippen LogP contribution < -0.4 is 14.5 Å². The molecule has 1 aliphatic rings. The maximum absolute atomic E-state index is 14.0. The van der Waals surface area contributed by atoms with Crippen LogP contribution in [-0.2, 0) is 16.0 Å². The zero-order chi connectivity index (χ0) is 26.8. The Morgan fingerprint density at radius 1 is 1.08 bits per heavy atom. The standard InChI is InChI=1S/C30H29ClN4O3/c1-19(2)35(21-12-14-22(38-3)15-13-21)28(36)18-34-27-11-7-5-9-24(27)29(31)33-26(30(34)37)16-20-17-32-25-10-6-4-8-23(20)25/h4-15,17,19,26,32H,16,18H2,1-3H3/t26-/m1/s1. The number of carbonyl (C=O) groups excluding carboxylic acids is 2. The molecule has 1 N–H and O–H groups in total. The molecule has 5 rings (SSSR count). The highest BCUT2D eigenvalue weighted by atomic mass is 35.5. The van der Waals surface area contributed by atoms with Crippen molar-refractivity contribution in [3.8, 4) is 5.75 Å². The van der Waals surface area contributed by atoms with Gasteiger partial charge in [-0.3, -0.25) is 14.6 Å². The summed E-state index contributed by atoms with van der Waals surface area (Å²) in [5.74, 6) is 0.218. The fourth-order valence-electron chi connectivity index (χ4n) is 4.93. The molecule has 0 aliphatic carbocycles. The van der Waals surface area contributed by atoms with Crippen LogP contribution in [0.1, 0.15) is 25.0 Å². The van der Waals surface area contributed by atoms with E-state index in [9.17, 15) is 9.59 Å². The minimum absolute atomic E-state index is 0.130. The van der Waals surface area contributed by atoms with Crippen molar-refractivity contribution in [2.45, 2.75) is 32.4 Å². The van der Waals surface area contributed by atoms with Crippen molar-refractivity contribution in [1.82, 2.24) is 4.98 Å². The number of H-pyrrole nitrogens is 1. The summed E-state index contributed by atoms with van der Waals surface area (Å²) in [6.45, 7) is 3.74. The van der Waals surface area contributed by atoms with Crippen LogP contribution in [0.5, 0.6) is 5.75 Å². The summed E-state index contributed by atoms with van der Waals surface area (Å²) < 4.78 is 5.27. The zero-order valence-corrected chi connectivity index (χ0v) is 22.3. The van der Waals surface area contributed by atoms with Crippen molar-refractivity contribution in [3.05, 3.63) is 90.1 Å². The number of methoxy groups -OCH3 is 1. The number of benzene rings is 3. The monoisotopic (exact) mass is 528 g/mol. The van der Waals surface area contributed by atoms with E-state index in [0.29, 0.717) is 23.4 Å². The molecule has 2 amide bonds. The molecule has 38 heavy (non-hydrogen) atoms. The number of rotatable bonds is 7. The van der Waals surface area contributed by atoms with Gasteiger partial charge in [-0.15, -0.1) is 0 Å². The Morgan fingerprint density at radius 3 is 2.53 bits per heavy atom. The van der Waals surface area contributed by atoms with E-state index in [-0.39, 0.29) is 29.6 Å². The van der Waals surface area contributed by atoms with E-state index in [1.165, 1.54) is 4.90 Å². The smallest absolute Gasteiger partial charge is 0.252 e. The number of fused-ring (bicyclic) bond motifs is 2. The topological polar surface area (TPSA) is 78.0 Å². The molecule has 0 fully saturated rings. The van der Waals surface area contributed by atoms with Gasteiger partial charge in [-0.05, 0) is 61.9 Å². The molecule has 0 unspecified atom stereocenters.